The van der Waals surface area contributed by atoms with Gasteiger partial charge in [0.15, 0.2) is 9.84 Å². The summed E-state index contributed by atoms with van der Waals surface area (Å²) in [7, 11) is -3.51. The molecule has 0 aliphatic rings. The number of hydrogen-bond donors (Lipinski definition) is 0. The number of aromatic nitrogens is 1. The highest BCUT2D eigenvalue weighted by atomic mass is 32.2. The van der Waals surface area contributed by atoms with Crippen LogP contribution >= 0.6 is 0 Å². The van der Waals surface area contributed by atoms with E-state index >= 15 is 0 Å². The van der Waals surface area contributed by atoms with Crippen LogP contribution in [0.1, 0.15) is 11.3 Å². The van der Waals surface area contributed by atoms with Gasteiger partial charge in [-0.15, -0.1) is 0 Å². The molecule has 178 valence electrons. The zero-order chi connectivity index (χ0) is 25.3. The molecule has 6 nitrogen and oxygen atoms in total. The number of pyridine rings is 1. The number of rotatable bonds is 6. The molecule has 0 saturated heterocycles. The molecule has 0 fully saturated rings. The van der Waals surface area contributed by atoms with E-state index in [0.717, 1.165) is 28.3 Å². The van der Waals surface area contributed by atoms with Crippen LogP contribution in [-0.4, -0.2) is 19.7 Å². The van der Waals surface area contributed by atoms with Gasteiger partial charge in [-0.05, 0) is 53.1 Å². The third-order valence-corrected chi connectivity index (χ3v) is 6.85. The number of hydrogen-bond acceptors (Lipinski definition) is 6. The number of ether oxygens (including phenoxy) is 1. The lowest BCUT2D eigenvalue weighted by atomic mass is 10.0. The zero-order valence-electron chi connectivity index (χ0n) is 19.1. The van der Waals surface area contributed by atoms with Gasteiger partial charge in [-0.1, -0.05) is 30.3 Å². The van der Waals surface area contributed by atoms with Gasteiger partial charge in [0.05, 0.1) is 22.9 Å². The highest BCUT2D eigenvalue weighted by Gasteiger charge is 2.16. The fourth-order valence-corrected chi connectivity index (χ4v) is 4.99. The summed E-state index contributed by atoms with van der Waals surface area (Å²) < 4.78 is 49.9. The predicted molar refractivity (Wildman–Crippen MR) is 133 cm³/mol. The minimum atomic E-state index is -3.51. The van der Waals surface area contributed by atoms with Crippen molar-refractivity contribution in [3.05, 3.63) is 102 Å². The molecule has 0 amide bonds. The molecular weight excluding hydrogens is 479 g/mol. The van der Waals surface area contributed by atoms with Crippen LogP contribution in [0.2, 0.25) is 0 Å². The third-order valence-electron chi connectivity index (χ3n) is 5.70. The average Bonchev–Trinajstić information content (AvgIpc) is 3.41. The van der Waals surface area contributed by atoms with Crippen molar-refractivity contribution in [2.45, 2.75) is 11.5 Å². The fourth-order valence-electron chi connectivity index (χ4n) is 4.07. The molecule has 3 aromatic carbocycles. The molecule has 0 bridgehead atoms. The van der Waals surface area contributed by atoms with Crippen LogP contribution in [0.25, 0.3) is 33.2 Å². The van der Waals surface area contributed by atoms with Crippen LogP contribution in [-0.2, 0) is 16.4 Å². The Labute approximate surface area is 207 Å². The van der Waals surface area contributed by atoms with Gasteiger partial charge in [0.2, 0.25) is 0 Å². The van der Waals surface area contributed by atoms with E-state index in [-0.39, 0.29) is 22.9 Å². The Bertz CT molecular complexity index is 1740. The maximum Gasteiger partial charge on any atom is 0.176 e. The summed E-state index contributed by atoms with van der Waals surface area (Å²) in [6, 6.07) is 21.8. The maximum atomic E-state index is 14.5. The first-order chi connectivity index (χ1) is 17.3. The number of benzene rings is 3. The van der Waals surface area contributed by atoms with E-state index in [1.54, 1.807) is 42.9 Å². The first kappa shape index (κ1) is 23.3. The largest absolute Gasteiger partial charge is 0.489 e. The van der Waals surface area contributed by atoms with Crippen molar-refractivity contribution >= 4 is 20.7 Å². The Morgan fingerprint density at radius 2 is 1.83 bits per heavy atom. The number of furan rings is 1. The van der Waals surface area contributed by atoms with Gasteiger partial charge < -0.3 is 9.15 Å². The molecule has 8 heteroatoms. The second-order valence-electron chi connectivity index (χ2n) is 8.26. The lowest BCUT2D eigenvalue weighted by Gasteiger charge is -2.12. The van der Waals surface area contributed by atoms with Gasteiger partial charge in [0, 0.05) is 28.8 Å². The van der Waals surface area contributed by atoms with Crippen molar-refractivity contribution in [2.24, 2.45) is 0 Å². The second-order valence-corrected chi connectivity index (χ2v) is 10.2. The predicted octanol–water partition coefficient (Wildman–Crippen LogP) is 6.16. The number of nitriles is 1. The Kier molecular flexibility index (Phi) is 6.00. The van der Waals surface area contributed by atoms with E-state index in [1.807, 2.05) is 24.3 Å². The minimum absolute atomic E-state index is 0.115. The topological polar surface area (TPSA) is 93.2 Å². The van der Waals surface area contributed by atoms with Gasteiger partial charge in [-0.25, -0.2) is 17.8 Å². The van der Waals surface area contributed by atoms with E-state index in [2.05, 4.69) is 11.1 Å². The summed E-state index contributed by atoms with van der Waals surface area (Å²) in [5.41, 5.74) is 4.13. The lowest BCUT2D eigenvalue weighted by Crippen LogP contribution is -2.01. The number of nitrogens with zero attached hydrogens (tertiary/aromatic N) is 2. The van der Waals surface area contributed by atoms with E-state index in [4.69, 9.17) is 9.15 Å². The van der Waals surface area contributed by atoms with Gasteiger partial charge >= 0.3 is 0 Å². The minimum Gasteiger partial charge on any atom is -0.489 e. The lowest BCUT2D eigenvalue weighted by molar-refractivity contribution is 0.305. The average molecular weight is 499 g/mol. The smallest absolute Gasteiger partial charge is 0.176 e. The quantitative estimate of drug-likeness (QED) is 0.279. The molecule has 5 rings (SSSR count). The molecule has 0 atom stereocenters. The summed E-state index contributed by atoms with van der Waals surface area (Å²) >= 11 is 0. The van der Waals surface area contributed by atoms with Crippen molar-refractivity contribution in [2.75, 3.05) is 6.26 Å². The molecule has 0 aliphatic carbocycles. The summed E-state index contributed by atoms with van der Waals surface area (Å²) in [6.07, 6.45) is 4.29. The van der Waals surface area contributed by atoms with Crippen LogP contribution in [0.3, 0.4) is 0 Å². The van der Waals surface area contributed by atoms with Crippen molar-refractivity contribution in [3.8, 4) is 34.1 Å². The summed E-state index contributed by atoms with van der Waals surface area (Å²) in [5.74, 6) is -0.291. The molecule has 0 radical (unpaired) electrons. The molecule has 0 aliphatic heterocycles. The van der Waals surface area contributed by atoms with Crippen LogP contribution < -0.4 is 4.74 Å². The van der Waals surface area contributed by atoms with Gasteiger partial charge in [0.1, 0.15) is 29.9 Å². The Hall–Kier alpha value is -4.48. The van der Waals surface area contributed by atoms with E-state index in [1.165, 1.54) is 18.2 Å². The molecule has 0 unspecified atom stereocenters. The maximum absolute atomic E-state index is 14.5. The monoisotopic (exact) mass is 498 g/mol. The van der Waals surface area contributed by atoms with Crippen LogP contribution in [0.4, 0.5) is 4.39 Å². The van der Waals surface area contributed by atoms with E-state index in [9.17, 15) is 18.1 Å². The molecule has 2 aromatic heterocycles. The first-order valence-electron chi connectivity index (χ1n) is 10.9. The van der Waals surface area contributed by atoms with Crippen molar-refractivity contribution in [1.29, 1.82) is 5.26 Å². The van der Waals surface area contributed by atoms with Crippen LogP contribution in [0.15, 0.2) is 94.6 Å². The van der Waals surface area contributed by atoms with Gasteiger partial charge in [-0.3, -0.25) is 0 Å². The van der Waals surface area contributed by atoms with Crippen molar-refractivity contribution < 1.29 is 22.0 Å². The second kappa shape index (κ2) is 9.29. The summed E-state index contributed by atoms with van der Waals surface area (Å²) in [5, 5.41) is 10.3. The SMILES string of the molecule is CS(=O)(=O)c1ccccc1-c1cc(F)cc(OCc2ccc3c(-c4ccoc4)cc(C#N)nc3c2)c1. The third kappa shape index (κ3) is 4.69. The highest BCUT2D eigenvalue weighted by molar-refractivity contribution is 7.90. The van der Waals surface area contributed by atoms with E-state index < -0.39 is 15.7 Å². The molecule has 5 aromatic rings. The Morgan fingerprint density at radius 1 is 1.00 bits per heavy atom. The van der Waals surface area contributed by atoms with Gasteiger partial charge in [-0.2, -0.15) is 5.26 Å². The van der Waals surface area contributed by atoms with Crippen LogP contribution in [0, 0.1) is 17.1 Å². The van der Waals surface area contributed by atoms with Crippen LogP contribution in [0.5, 0.6) is 5.75 Å². The van der Waals surface area contributed by atoms with Crippen molar-refractivity contribution in [3.63, 3.8) is 0 Å². The summed E-state index contributed by atoms with van der Waals surface area (Å²) in [4.78, 5) is 4.53. The first-order valence-corrected chi connectivity index (χ1v) is 12.8. The molecule has 0 saturated carbocycles. The zero-order valence-corrected chi connectivity index (χ0v) is 19.9. The highest BCUT2D eigenvalue weighted by Crippen LogP contribution is 2.32. The molecule has 36 heavy (non-hydrogen) atoms. The van der Waals surface area contributed by atoms with Gasteiger partial charge in [0.25, 0.3) is 0 Å². The number of sulfone groups is 1. The molecule has 2 heterocycles. The standard InChI is InChI=1S/C28H19FN2O4S/c1-36(32,33)28-5-3-2-4-24(28)20-11-21(29)13-23(12-20)35-16-18-6-7-25-26(19-8-9-34-17-19)14-22(15-30)31-27(25)10-18/h2-14,17H,16H2,1H3. The number of halogens is 1. The summed E-state index contributed by atoms with van der Waals surface area (Å²) in [6.45, 7) is 0.117. The Balaban J connectivity index is 1.46. The Morgan fingerprint density at radius 3 is 2.58 bits per heavy atom. The normalized spacial score (nSPS) is 11.4. The number of fused-ring (bicyclic) bond motifs is 1. The van der Waals surface area contributed by atoms with Crippen molar-refractivity contribution in [1.82, 2.24) is 4.98 Å². The van der Waals surface area contributed by atoms with E-state index in [0.29, 0.717) is 16.6 Å². The molecular formula is C28H19FN2O4S. The molecule has 0 N–H and O–H groups in total. The molecule has 0 spiro atoms. The fraction of sp³-hybridized carbons (Fsp3) is 0.0714.